The molecule has 14 nitrogen and oxygen atoms in total. The Morgan fingerprint density at radius 2 is 1.36 bits per heavy atom. The van der Waals surface area contributed by atoms with Crippen LogP contribution in [0.3, 0.4) is 0 Å². The minimum absolute atomic E-state index is 0.109. The fourth-order valence-corrected chi connectivity index (χ4v) is 3.27. The van der Waals surface area contributed by atoms with Crippen molar-refractivity contribution in [3.8, 4) is 0 Å². The van der Waals surface area contributed by atoms with Crippen molar-refractivity contribution in [3.05, 3.63) is 118 Å². The summed E-state index contributed by atoms with van der Waals surface area (Å²) in [6.07, 6.45) is 1.45. The lowest BCUT2D eigenvalue weighted by Crippen LogP contribution is -2.30. The van der Waals surface area contributed by atoms with Gasteiger partial charge < -0.3 is 13.9 Å². The van der Waals surface area contributed by atoms with E-state index in [1.165, 1.54) is 55.2 Å². The summed E-state index contributed by atoms with van der Waals surface area (Å²) in [7, 11) is 2.87. The number of ether oxygens (including phenoxy) is 2. The number of nitrogens with zero attached hydrogens (tertiary/aromatic N) is 3. The Kier molecular flexibility index (Phi) is 7.65. The number of aromatic nitrogens is 4. The van der Waals surface area contributed by atoms with Crippen LogP contribution in [0.5, 0.6) is 0 Å². The zero-order valence-corrected chi connectivity index (χ0v) is 20.6. The number of furan rings is 1. The van der Waals surface area contributed by atoms with Gasteiger partial charge in [-0.3, -0.25) is 28.7 Å². The Hall–Kier alpha value is -5.53. The number of rotatable bonds is 8. The second-order valence-corrected chi connectivity index (χ2v) is 8.15. The fraction of sp³-hybridized carbons (Fsp3) is 0.160. The second-order valence-electron chi connectivity index (χ2n) is 8.15. The van der Waals surface area contributed by atoms with E-state index in [0.717, 1.165) is 10.6 Å². The van der Waals surface area contributed by atoms with Gasteiger partial charge in [-0.1, -0.05) is 12.1 Å². The first kappa shape index (κ1) is 26.5. The molecule has 0 unspecified atom stereocenters. The molecule has 200 valence electrons. The SMILES string of the molecule is Cn1c(COC(=O)c2ccc(/C=N/c3ccc(C(=O)OCc4cc(=O)[nH]c(=O)n4C)o3)cc2)cc(=O)[nH]c1=O. The standard InChI is InChI=1S/C25H21N5O9/c1-29-16(9-19(31)27-24(29)35)12-37-22(33)15-5-3-14(4-6-15)11-26-21-8-7-18(39-21)23(34)38-13-17-10-20(32)28-25(36)30(17)2/h3-11H,12-13H2,1-2H3,(H,27,31,35)(H,28,32,36)/b26-11+. The van der Waals surface area contributed by atoms with E-state index in [0.29, 0.717) is 5.56 Å². The van der Waals surface area contributed by atoms with Crippen molar-refractivity contribution in [3.63, 3.8) is 0 Å². The molecule has 0 fully saturated rings. The third-order valence-corrected chi connectivity index (χ3v) is 5.51. The average molecular weight is 535 g/mol. The number of carbonyl (C=O) groups excluding carboxylic acids is 2. The van der Waals surface area contributed by atoms with Gasteiger partial charge in [-0.15, -0.1) is 0 Å². The van der Waals surface area contributed by atoms with Crippen LogP contribution in [0.25, 0.3) is 0 Å². The molecule has 0 spiro atoms. The van der Waals surface area contributed by atoms with Crippen molar-refractivity contribution in [2.24, 2.45) is 19.1 Å². The molecule has 3 aromatic heterocycles. The van der Waals surface area contributed by atoms with Crippen LogP contribution in [0.1, 0.15) is 37.9 Å². The number of carbonyl (C=O) groups is 2. The Morgan fingerprint density at radius 1 is 0.821 bits per heavy atom. The molecule has 0 aliphatic carbocycles. The highest BCUT2D eigenvalue weighted by atomic mass is 16.5. The van der Waals surface area contributed by atoms with Gasteiger partial charge in [0.05, 0.1) is 17.0 Å². The first-order valence-electron chi connectivity index (χ1n) is 11.3. The third kappa shape index (κ3) is 6.43. The Balaban J connectivity index is 1.33. The molecule has 0 aliphatic heterocycles. The van der Waals surface area contributed by atoms with Gasteiger partial charge in [0.25, 0.3) is 11.1 Å². The first-order chi connectivity index (χ1) is 18.6. The van der Waals surface area contributed by atoms with E-state index in [2.05, 4.69) is 15.0 Å². The summed E-state index contributed by atoms with van der Waals surface area (Å²) in [6.45, 7) is -0.576. The van der Waals surface area contributed by atoms with Gasteiger partial charge in [-0.2, -0.15) is 0 Å². The number of nitrogens with one attached hydrogen (secondary N) is 2. The molecule has 3 heterocycles. The van der Waals surface area contributed by atoms with Crippen LogP contribution in [0.2, 0.25) is 0 Å². The number of aromatic amines is 2. The van der Waals surface area contributed by atoms with Gasteiger partial charge in [-0.25, -0.2) is 24.2 Å². The molecule has 0 aliphatic rings. The summed E-state index contributed by atoms with van der Waals surface area (Å²) in [5.74, 6) is -1.49. The number of esters is 2. The molecule has 14 heteroatoms. The van der Waals surface area contributed by atoms with E-state index in [-0.39, 0.29) is 41.8 Å². The van der Waals surface area contributed by atoms with E-state index in [1.54, 1.807) is 12.1 Å². The summed E-state index contributed by atoms with van der Waals surface area (Å²) in [6, 6.07) is 11.3. The van der Waals surface area contributed by atoms with Crippen molar-refractivity contribution in [1.29, 1.82) is 0 Å². The highest BCUT2D eigenvalue weighted by Crippen LogP contribution is 2.18. The highest BCUT2D eigenvalue weighted by molar-refractivity contribution is 5.91. The highest BCUT2D eigenvalue weighted by Gasteiger charge is 2.14. The summed E-state index contributed by atoms with van der Waals surface area (Å²) in [4.78, 5) is 79.1. The van der Waals surface area contributed by atoms with Gasteiger partial charge in [0, 0.05) is 38.5 Å². The van der Waals surface area contributed by atoms with Gasteiger partial charge in [0.2, 0.25) is 11.6 Å². The molecule has 4 aromatic rings. The van der Waals surface area contributed by atoms with Gasteiger partial charge in [-0.05, 0) is 23.8 Å². The molecule has 0 atom stereocenters. The lowest BCUT2D eigenvalue weighted by Gasteiger charge is -2.08. The van der Waals surface area contributed by atoms with E-state index >= 15 is 0 Å². The molecule has 0 radical (unpaired) electrons. The second kappa shape index (κ2) is 11.2. The molecule has 39 heavy (non-hydrogen) atoms. The number of H-pyrrole nitrogens is 2. The maximum Gasteiger partial charge on any atom is 0.374 e. The summed E-state index contributed by atoms with van der Waals surface area (Å²) in [5, 5.41) is 0. The largest absolute Gasteiger partial charge is 0.456 e. The minimum atomic E-state index is -0.813. The third-order valence-electron chi connectivity index (χ3n) is 5.51. The Labute approximate surface area is 217 Å². The normalized spacial score (nSPS) is 11.0. The monoisotopic (exact) mass is 535 g/mol. The van der Waals surface area contributed by atoms with Crippen molar-refractivity contribution < 1.29 is 23.5 Å². The molecule has 0 amide bonds. The molecular weight excluding hydrogens is 514 g/mol. The van der Waals surface area contributed by atoms with Gasteiger partial charge >= 0.3 is 23.3 Å². The predicted octanol–water partition coefficient (Wildman–Crippen LogP) is 0.518. The van der Waals surface area contributed by atoms with Crippen molar-refractivity contribution in [2.75, 3.05) is 0 Å². The van der Waals surface area contributed by atoms with E-state index in [1.807, 2.05) is 0 Å². The van der Waals surface area contributed by atoms with Crippen LogP contribution in [0, 0.1) is 0 Å². The topological polar surface area (TPSA) is 188 Å². The Bertz CT molecular complexity index is 1800. The Morgan fingerprint density at radius 3 is 1.92 bits per heavy atom. The zero-order valence-electron chi connectivity index (χ0n) is 20.6. The lowest BCUT2D eigenvalue weighted by atomic mass is 10.1. The quantitative estimate of drug-likeness (QED) is 0.239. The maximum atomic E-state index is 12.3. The smallest absolute Gasteiger partial charge is 0.374 e. The van der Waals surface area contributed by atoms with E-state index in [9.17, 15) is 28.8 Å². The molecule has 0 saturated heterocycles. The predicted molar refractivity (Wildman–Crippen MR) is 135 cm³/mol. The maximum absolute atomic E-state index is 12.3. The molecule has 0 bridgehead atoms. The fourth-order valence-electron chi connectivity index (χ4n) is 3.27. The van der Waals surface area contributed by atoms with Crippen molar-refractivity contribution in [1.82, 2.24) is 19.1 Å². The molecule has 0 saturated carbocycles. The van der Waals surface area contributed by atoms with Gasteiger partial charge in [0.15, 0.2) is 0 Å². The summed E-state index contributed by atoms with van der Waals surface area (Å²) < 4.78 is 18.0. The minimum Gasteiger partial charge on any atom is -0.456 e. The van der Waals surface area contributed by atoms with Gasteiger partial charge in [0.1, 0.15) is 13.2 Å². The van der Waals surface area contributed by atoms with Crippen LogP contribution in [-0.2, 0) is 36.8 Å². The van der Waals surface area contributed by atoms with E-state index < -0.39 is 34.4 Å². The molecule has 4 rings (SSSR count). The first-order valence-corrected chi connectivity index (χ1v) is 11.3. The molecular formula is C25H21N5O9. The van der Waals surface area contributed by atoms with Crippen molar-refractivity contribution >= 4 is 24.0 Å². The van der Waals surface area contributed by atoms with Crippen LogP contribution in [0.15, 0.2) is 77.1 Å². The zero-order chi connectivity index (χ0) is 28.1. The number of hydrogen-bond acceptors (Lipinski definition) is 10. The van der Waals surface area contributed by atoms with E-state index in [4.69, 9.17) is 13.9 Å². The van der Waals surface area contributed by atoms with Crippen LogP contribution < -0.4 is 22.5 Å². The molecule has 2 N–H and O–H groups in total. The number of aliphatic imine (C=N–C) groups is 1. The van der Waals surface area contributed by atoms with Crippen LogP contribution >= 0.6 is 0 Å². The van der Waals surface area contributed by atoms with Crippen LogP contribution in [-0.4, -0.2) is 37.3 Å². The summed E-state index contributed by atoms with van der Waals surface area (Å²) in [5.41, 5.74) is -1.16. The van der Waals surface area contributed by atoms with Crippen molar-refractivity contribution in [2.45, 2.75) is 13.2 Å². The molecule has 1 aromatic carbocycles. The average Bonchev–Trinajstić information content (AvgIpc) is 3.39. The van der Waals surface area contributed by atoms with Crippen LogP contribution in [0.4, 0.5) is 5.88 Å². The summed E-state index contributed by atoms with van der Waals surface area (Å²) >= 11 is 0. The number of hydrogen-bond donors (Lipinski definition) is 2. The lowest BCUT2D eigenvalue weighted by molar-refractivity contribution is 0.0425. The number of benzene rings is 1.